The number of nitrogens with zero attached hydrogens (tertiary/aromatic N) is 1. The average molecular weight is 203 g/mol. The van der Waals surface area contributed by atoms with Gasteiger partial charge in [-0.3, -0.25) is 4.79 Å². The van der Waals surface area contributed by atoms with Crippen molar-refractivity contribution in [3.8, 4) is 0 Å². The SMILES string of the molecule is CNC(=O)CO/N=C1\CC(S)CN1. The summed E-state index contributed by atoms with van der Waals surface area (Å²) in [6.07, 6.45) is 0.761. The molecule has 6 heteroatoms. The minimum Gasteiger partial charge on any atom is -0.384 e. The van der Waals surface area contributed by atoms with E-state index in [-0.39, 0.29) is 12.5 Å². The minimum atomic E-state index is -0.190. The van der Waals surface area contributed by atoms with Crippen LogP contribution in [0.3, 0.4) is 0 Å². The van der Waals surface area contributed by atoms with Crippen LogP contribution in [0.1, 0.15) is 6.42 Å². The number of amides is 1. The van der Waals surface area contributed by atoms with E-state index in [1.54, 1.807) is 7.05 Å². The first-order valence-electron chi connectivity index (χ1n) is 4.03. The molecular weight excluding hydrogens is 190 g/mol. The average Bonchev–Trinajstić information content (AvgIpc) is 2.51. The topological polar surface area (TPSA) is 62.7 Å². The van der Waals surface area contributed by atoms with E-state index in [4.69, 9.17) is 4.84 Å². The summed E-state index contributed by atoms with van der Waals surface area (Å²) in [7, 11) is 1.55. The van der Waals surface area contributed by atoms with E-state index in [1.165, 1.54) is 0 Å². The molecule has 0 aromatic carbocycles. The second-order valence-corrected chi connectivity index (χ2v) is 3.45. The number of likely N-dealkylation sites (N-methyl/N-ethyl adjacent to an activating group) is 1. The molecule has 74 valence electrons. The number of hydrogen-bond donors (Lipinski definition) is 3. The van der Waals surface area contributed by atoms with Gasteiger partial charge < -0.3 is 15.5 Å². The van der Waals surface area contributed by atoms with Gasteiger partial charge in [0.05, 0.1) is 0 Å². The molecule has 1 amide bonds. The number of oxime groups is 1. The molecule has 0 radical (unpaired) electrons. The van der Waals surface area contributed by atoms with E-state index in [0.29, 0.717) is 5.25 Å². The summed E-state index contributed by atoms with van der Waals surface area (Å²) in [5.41, 5.74) is 0. The van der Waals surface area contributed by atoms with Crippen LogP contribution in [0.2, 0.25) is 0 Å². The molecule has 13 heavy (non-hydrogen) atoms. The Labute approximate surface area is 82.3 Å². The molecular formula is C7H13N3O2S. The lowest BCUT2D eigenvalue weighted by Gasteiger charge is -1.99. The number of carbonyl (C=O) groups excluding carboxylic acids is 1. The molecule has 1 unspecified atom stereocenters. The maximum atomic E-state index is 10.7. The van der Waals surface area contributed by atoms with Crippen LogP contribution in [0.4, 0.5) is 0 Å². The van der Waals surface area contributed by atoms with Crippen LogP contribution < -0.4 is 10.6 Å². The lowest BCUT2D eigenvalue weighted by Crippen LogP contribution is -2.23. The molecule has 0 spiro atoms. The van der Waals surface area contributed by atoms with Gasteiger partial charge in [-0.2, -0.15) is 12.6 Å². The van der Waals surface area contributed by atoms with E-state index < -0.39 is 0 Å². The van der Waals surface area contributed by atoms with Crippen LogP contribution in [0.5, 0.6) is 0 Å². The highest BCUT2D eigenvalue weighted by molar-refractivity contribution is 7.81. The summed E-state index contributed by atoms with van der Waals surface area (Å²) in [5, 5.41) is 9.50. The number of nitrogens with one attached hydrogen (secondary N) is 2. The molecule has 1 fully saturated rings. The number of carbonyl (C=O) groups is 1. The van der Waals surface area contributed by atoms with E-state index in [9.17, 15) is 4.79 Å². The number of hydrogen-bond acceptors (Lipinski definition) is 4. The first-order chi connectivity index (χ1) is 6.22. The summed E-state index contributed by atoms with van der Waals surface area (Å²) in [5.74, 6) is 0.564. The van der Waals surface area contributed by atoms with Gasteiger partial charge in [-0.25, -0.2) is 0 Å². The van der Waals surface area contributed by atoms with E-state index in [2.05, 4.69) is 28.4 Å². The molecule has 0 aliphatic carbocycles. The fourth-order valence-electron chi connectivity index (χ4n) is 0.914. The van der Waals surface area contributed by atoms with Gasteiger partial charge in [0.2, 0.25) is 0 Å². The molecule has 1 atom stereocenters. The van der Waals surface area contributed by atoms with Gasteiger partial charge in [-0.15, -0.1) is 0 Å². The first-order valence-corrected chi connectivity index (χ1v) is 4.55. The molecule has 1 heterocycles. The molecule has 1 aliphatic rings. The fourth-order valence-corrected chi connectivity index (χ4v) is 1.18. The van der Waals surface area contributed by atoms with Gasteiger partial charge in [-0.1, -0.05) is 5.16 Å². The highest BCUT2D eigenvalue weighted by atomic mass is 32.1. The maximum absolute atomic E-state index is 10.7. The van der Waals surface area contributed by atoms with Crippen molar-refractivity contribution in [2.75, 3.05) is 20.2 Å². The summed E-state index contributed by atoms with van der Waals surface area (Å²) in [4.78, 5) is 15.5. The van der Waals surface area contributed by atoms with Crippen molar-refractivity contribution in [2.24, 2.45) is 5.16 Å². The maximum Gasteiger partial charge on any atom is 0.260 e. The molecule has 2 N–H and O–H groups in total. The smallest absolute Gasteiger partial charge is 0.260 e. The monoisotopic (exact) mass is 203 g/mol. The Bertz CT molecular complexity index is 220. The minimum absolute atomic E-state index is 0.0427. The number of amidine groups is 1. The van der Waals surface area contributed by atoms with Gasteiger partial charge in [-0.05, 0) is 0 Å². The Balaban J connectivity index is 2.21. The number of thiol groups is 1. The Morgan fingerprint density at radius 2 is 2.69 bits per heavy atom. The predicted octanol–water partition coefficient (Wildman–Crippen LogP) is -0.646. The van der Waals surface area contributed by atoms with Crippen molar-refractivity contribution < 1.29 is 9.63 Å². The van der Waals surface area contributed by atoms with Crippen LogP contribution in [-0.2, 0) is 9.63 Å². The Morgan fingerprint density at radius 3 is 3.23 bits per heavy atom. The largest absolute Gasteiger partial charge is 0.384 e. The van der Waals surface area contributed by atoms with Crippen LogP contribution in [0.25, 0.3) is 0 Å². The molecule has 5 nitrogen and oxygen atoms in total. The summed E-state index contributed by atoms with van der Waals surface area (Å²) in [6.45, 7) is 0.754. The van der Waals surface area contributed by atoms with Gasteiger partial charge in [0.1, 0.15) is 5.84 Å². The Hall–Kier alpha value is -0.910. The zero-order valence-corrected chi connectivity index (χ0v) is 8.30. The Kier molecular flexibility index (Phi) is 3.88. The molecule has 0 bridgehead atoms. The van der Waals surface area contributed by atoms with Crippen LogP contribution >= 0.6 is 12.6 Å². The zero-order valence-electron chi connectivity index (χ0n) is 7.41. The van der Waals surface area contributed by atoms with E-state index in [1.807, 2.05) is 0 Å². The first kappa shape index (κ1) is 10.2. The van der Waals surface area contributed by atoms with Crippen molar-refractivity contribution in [2.45, 2.75) is 11.7 Å². The summed E-state index contributed by atoms with van der Waals surface area (Å²) < 4.78 is 0. The predicted molar refractivity (Wildman–Crippen MR) is 52.8 cm³/mol. The molecule has 0 aromatic rings. The van der Waals surface area contributed by atoms with Gasteiger partial charge in [0.15, 0.2) is 6.61 Å². The standard InChI is InChI=1S/C7H13N3O2S/c1-8-7(11)4-12-10-6-2-5(13)3-9-6/h5,13H,2-4H2,1H3,(H,8,11)(H,9,10). The van der Waals surface area contributed by atoms with Gasteiger partial charge >= 0.3 is 0 Å². The van der Waals surface area contributed by atoms with Gasteiger partial charge in [0.25, 0.3) is 5.91 Å². The third-order valence-electron chi connectivity index (χ3n) is 1.62. The fraction of sp³-hybridized carbons (Fsp3) is 0.714. The van der Waals surface area contributed by atoms with Crippen molar-refractivity contribution >= 4 is 24.4 Å². The van der Waals surface area contributed by atoms with E-state index >= 15 is 0 Å². The zero-order chi connectivity index (χ0) is 9.68. The summed E-state index contributed by atoms with van der Waals surface area (Å²) in [6, 6.07) is 0. The lowest BCUT2D eigenvalue weighted by molar-refractivity contribution is -0.125. The van der Waals surface area contributed by atoms with Crippen molar-refractivity contribution in [3.63, 3.8) is 0 Å². The van der Waals surface area contributed by atoms with Crippen LogP contribution in [-0.4, -0.2) is 37.2 Å². The highest BCUT2D eigenvalue weighted by Gasteiger charge is 2.16. The van der Waals surface area contributed by atoms with Crippen molar-refractivity contribution in [1.82, 2.24) is 10.6 Å². The summed E-state index contributed by atoms with van der Waals surface area (Å²) >= 11 is 4.25. The lowest BCUT2D eigenvalue weighted by atomic mass is 10.4. The third-order valence-corrected chi connectivity index (χ3v) is 1.99. The Morgan fingerprint density at radius 1 is 1.92 bits per heavy atom. The quantitative estimate of drug-likeness (QED) is 0.422. The van der Waals surface area contributed by atoms with Crippen molar-refractivity contribution in [1.29, 1.82) is 0 Å². The van der Waals surface area contributed by atoms with Crippen molar-refractivity contribution in [3.05, 3.63) is 0 Å². The van der Waals surface area contributed by atoms with Gasteiger partial charge in [0, 0.05) is 25.3 Å². The third kappa shape index (κ3) is 3.54. The number of rotatable bonds is 3. The molecule has 1 saturated heterocycles. The molecule has 0 aromatic heterocycles. The normalized spacial score (nSPS) is 24.2. The molecule has 1 rings (SSSR count). The van der Waals surface area contributed by atoms with Crippen LogP contribution in [0, 0.1) is 0 Å². The van der Waals surface area contributed by atoms with E-state index in [0.717, 1.165) is 18.8 Å². The molecule has 1 aliphatic heterocycles. The second kappa shape index (κ2) is 4.96. The highest BCUT2D eigenvalue weighted by Crippen LogP contribution is 2.07. The molecule has 0 saturated carbocycles. The second-order valence-electron chi connectivity index (χ2n) is 2.72. The van der Waals surface area contributed by atoms with Crippen LogP contribution in [0.15, 0.2) is 5.16 Å².